The summed E-state index contributed by atoms with van der Waals surface area (Å²) >= 11 is 1.76. The molecule has 0 bridgehead atoms. The first kappa shape index (κ1) is 12.4. The van der Waals surface area contributed by atoms with Crippen LogP contribution in [0.3, 0.4) is 0 Å². The zero-order chi connectivity index (χ0) is 12.3. The van der Waals surface area contributed by atoms with Gasteiger partial charge in [0, 0.05) is 25.0 Å². The predicted octanol–water partition coefficient (Wildman–Crippen LogP) is 2.84. The minimum Gasteiger partial charge on any atom is -0.329 e. The maximum absolute atomic E-state index is 12.1. The fourth-order valence-corrected chi connectivity index (χ4v) is 3.53. The molecule has 1 saturated heterocycles. The lowest BCUT2D eigenvalue weighted by Crippen LogP contribution is -2.27. The number of rotatable bonds is 4. The Kier molecular flexibility index (Phi) is 4.05. The summed E-state index contributed by atoms with van der Waals surface area (Å²) in [6, 6.07) is 3.96. The van der Waals surface area contributed by atoms with Gasteiger partial charge < -0.3 is 4.90 Å². The number of aromatic nitrogens is 1. The SMILES string of the molecule is CCCCC1SC(c2cccnc2)N(C)C1=O. The topological polar surface area (TPSA) is 33.2 Å². The van der Waals surface area contributed by atoms with Crippen LogP contribution in [0.15, 0.2) is 24.5 Å². The summed E-state index contributed by atoms with van der Waals surface area (Å²) in [6.07, 6.45) is 6.87. The number of hydrogen-bond acceptors (Lipinski definition) is 3. The predicted molar refractivity (Wildman–Crippen MR) is 70.7 cm³/mol. The molecular weight excluding hydrogens is 232 g/mol. The lowest BCUT2D eigenvalue weighted by molar-refractivity contribution is -0.128. The van der Waals surface area contributed by atoms with Crippen molar-refractivity contribution < 1.29 is 4.79 Å². The number of nitrogens with zero attached hydrogens (tertiary/aromatic N) is 2. The molecule has 0 radical (unpaired) electrons. The average molecular weight is 250 g/mol. The highest BCUT2D eigenvalue weighted by Crippen LogP contribution is 2.43. The molecule has 0 saturated carbocycles. The first-order valence-corrected chi connectivity index (χ1v) is 7.00. The van der Waals surface area contributed by atoms with E-state index in [4.69, 9.17) is 0 Å². The van der Waals surface area contributed by atoms with Gasteiger partial charge in [-0.05, 0) is 12.5 Å². The smallest absolute Gasteiger partial charge is 0.236 e. The van der Waals surface area contributed by atoms with E-state index in [1.807, 2.05) is 30.3 Å². The van der Waals surface area contributed by atoms with Crippen molar-refractivity contribution in [2.24, 2.45) is 0 Å². The summed E-state index contributed by atoms with van der Waals surface area (Å²) in [7, 11) is 1.89. The normalized spacial score (nSPS) is 24.4. The molecule has 92 valence electrons. The van der Waals surface area contributed by atoms with Crippen molar-refractivity contribution in [1.29, 1.82) is 0 Å². The molecule has 1 aromatic heterocycles. The quantitative estimate of drug-likeness (QED) is 0.824. The third kappa shape index (κ3) is 2.63. The first-order chi connectivity index (χ1) is 8.24. The number of hydrogen-bond donors (Lipinski definition) is 0. The van der Waals surface area contributed by atoms with Gasteiger partial charge in [-0.2, -0.15) is 0 Å². The monoisotopic (exact) mass is 250 g/mol. The highest BCUT2D eigenvalue weighted by atomic mass is 32.2. The van der Waals surface area contributed by atoms with Gasteiger partial charge in [0.25, 0.3) is 0 Å². The van der Waals surface area contributed by atoms with Crippen LogP contribution in [-0.2, 0) is 4.79 Å². The van der Waals surface area contributed by atoms with Crippen LogP contribution >= 0.6 is 11.8 Å². The molecule has 2 rings (SSSR count). The summed E-state index contributed by atoms with van der Waals surface area (Å²) in [5.74, 6) is 0.261. The standard InChI is InChI=1S/C13H18N2OS/c1-3-4-7-11-12(16)15(2)13(17-11)10-6-5-8-14-9-10/h5-6,8-9,11,13H,3-4,7H2,1-2H3. The number of pyridine rings is 1. The number of amides is 1. The van der Waals surface area contributed by atoms with Crippen LogP contribution in [0.2, 0.25) is 0 Å². The molecule has 0 N–H and O–H groups in total. The molecule has 1 aliphatic heterocycles. The highest BCUT2D eigenvalue weighted by Gasteiger charge is 2.38. The molecule has 0 aromatic carbocycles. The molecule has 2 unspecified atom stereocenters. The third-order valence-electron chi connectivity index (χ3n) is 3.06. The molecule has 1 aromatic rings. The van der Waals surface area contributed by atoms with E-state index in [2.05, 4.69) is 11.9 Å². The van der Waals surface area contributed by atoms with E-state index in [0.717, 1.165) is 24.8 Å². The molecule has 2 atom stereocenters. The van der Waals surface area contributed by atoms with Crippen LogP contribution in [0.1, 0.15) is 37.1 Å². The fourth-order valence-electron chi connectivity index (χ4n) is 2.05. The van der Waals surface area contributed by atoms with E-state index in [0.29, 0.717) is 0 Å². The van der Waals surface area contributed by atoms with Gasteiger partial charge in [0.2, 0.25) is 5.91 Å². The summed E-state index contributed by atoms with van der Waals surface area (Å²) < 4.78 is 0. The van der Waals surface area contributed by atoms with Gasteiger partial charge in [0.05, 0.1) is 5.25 Å². The van der Waals surface area contributed by atoms with Crippen LogP contribution in [0.5, 0.6) is 0 Å². The van der Waals surface area contributed by atoms with E-state index >= 15 is 0 Å². The van der Waals surface area contributed by atoms with Gasteiger partial charge in [0.15, 0.2) is 0 Å². The van der Waals surface area contributed by atoms with Crippen LogP contribution in [-0.4, -0.2) is 28.1 Å². The Morgan fingerprint density at radius 2 is 2.35 bits per heavy atom. The van der Waals surface area contributed by atoms with Gasteiger partial charge >= 0.3 is 0 Å². The van der Waals surface area contributed by atoms with Gasteiger partial charge in [-0.25, -0.2) is 0 Å². The van der Waals surface area contributed by atoms with Gasteiger partial charge in [0.1, 0.15) is 5.37 Å². The molecule has 1 fully saturated rings. The molecule has 4 heteroatoms. The Hall–Kier alpha value is -1.03. The largest absolute Gasteiger partial charge is 0.329 e. The summed E-state index contributed by atoms with van der Waals surface area (Å²) in [5, 5.41) is 0.267. The maximum Gasteiger partial charge on any atom is 0.236 e. The molecule has 1 aliphatic rings. The number of thioether (sulfide) groups is 1. The zero-order valence-corrected chi connectivity index (χ0v) is 11.1. The summed E-state index contributed by atoms with van der Waals surface area (Å²) in [6.45, 7) is 2.16. The second-order valence-electron chi connectivity index (χ2n) is 4.35. The minimum absolute atomic E-state index is 0.130. The van der Waals surface area contributed by atoms with Crippen molar-refractivity contribution in [1.82, 2.24) is 9.88 Å². The Balaban J connectivity index is 2.09. The third-order valence-corrected chi connectivity index (χ3v) is 4.67. The van der Waals surface area contributed by atoms with Crippen molar-refractivity contribution in [3.8, 4) is 0 Å². The molecular formula is C13H18N2OS. The highest BCUT2D eigenvalue weighted by molar-refractivity contribution is 8.01. The van der Waals surface area contributed by atoms with E-state index in [1.54, 1.807) is 18.0 Å². The Morgan fingerprint density at radius 3 is 3.00 bits per heavy atom. The molecule has 1 amide bonds. The van der Waals surface area contributed by atoms with Crippen molar-refractivity contribution in [2.45, 2.75) is 36.8 Å². The lowest BCUT2D eigenvalue weighted by Gasteiger charge is -2.18. The Morgan fingerprint density at radius 1 is 1.53 bits per heavy atom. The van der Waals surface area contributed by atoms with E-state index < -0.39 is 0 Å². The summed E-state index contributed by atoms with van der Waals surface area (Å²) in [5.41, 5.74) is 1.12. The average Bonchev–Trinajstić information content (AvgIpc) is 2.65. The van der Waals surface area contributed by atoms with Crippen molar-refractivity contribution in [2.75, 3.05) is 7.05 Å². The molecule has 0 aliphatic carbocycles. The number of carbonyl (C=O) groups excluding carboxylic acids is 1. The Labute approximate surface area is 107 Å². The molecule has 2 heterocycles. The van der Waals surface area contributed by atoms with Crippen LogP contribution in [0.4, 0.5) is 0 Å². The maximum atomic E-state index is 12.1. The van der Waals surface area contributed by atoms with Crippen LogP contribution < -0.4 is 0 Å². The summed E-state index contributed by atoms with van der Waals surface area (Å²) in [4.78, 5) is 18.1. The Bertz CT molecular complexity index is 382. The number of unbranched alkanes of at least 4 members (excludes halogenated alkanes) is 1. The fraction of sp³-hybridized carbons (Fsp3) is 0.538. The van der Waals surface area contributed by atoms with E-state index in [1.165, 1.54) is 0 Å². The second kappa shape index (κ2) is 5.54. The number of carbonyl (C=O) groups is 1. The molecule has 3 nitrogen and oxygen atoms in total. The zero-order valence-electron chi connectivity index (χ0n) is 10.3. The van der Waals surface area contributed by atoms with Gasteiger partial charge in [-0.3, -0.25) is 9.78 Å². The van der Waals surface area contributed by atoms with Crippen molar-refractivity contribution in [3.63, 3.8) is 0 Å². The first-order valence-electron chi connectivity index (χ1n) is 6.06. The van der Waals surface area contributed by atoms with E-state index in [-0.39, 0.29) is 16.5 Å². The van der Waals surface area contributed by atoms with Gasteiger partial charge in [-0.1, -0.05) is 25.8 Å². The van der Waals surface area contributed by atoms with Crippen LogP contribution in [0.25, 0.3) is 0 Å². The van der Waals surface area contributed by atoms with Gasteiger partial charge in [-0.15, -0.1) is 11.8 Å². The van der Waals surface area contributed by atoms with Crippen molar-refractivity contribution >= 4 is 17.7 Å². The van der Waals surface area contributed by atoms with Crippen LogP contribution in [0, 0.1) is 0 Å². The minimum atomic E-state index is 0.130. The van der Waals surface area contributed by atoms with Crippen molar-refractivity contribution in [3.05, 3.63) is 30.1 Å². The lowest BCUT2D eigenvalue weighted by atomic mass is 10.2. The second-order valence-corrected chi connectivity index (χ2v) is 5.64. The molecule has 17 heavy (non-hydrogen) atoms. The molecule has 0 spiro atoms. The van der Waals surface area contributed by atoms with E-state index in [9.17, 15) is 4.79 Å².